The van der Waals surface area contributed by atoms with Crippen LogP contribution in [0.2, 0.25) is 0 Å². The predicted molar refractivity (Wildman–Crippen MR) is 78.3 cm³/mol. The molecule has 0 atom stereocenters. The van der Waals surface area contributed by atoms with Gasteiger partial charge in [-0.15, -0.1) is 0 Å². The number of rotatable bonds is 7. The summed E-state index contributed by atoms with van der Waals surface area (Å²) in [5, 5.41) is 0. The fraction of sp³-hybridized carbons (Fsp3) is 0.529. The third kappa shape index (κ3) is 6.00. The molecule has 0 aliphatic heterocycles. The van der Waals surface area contributed by atoms with Gasteiger partial charge < -0.3 is 0 Å². The molecule has 0 amide bonds. The van der Waals surface area contributed by atoms with E-state index in [1.165, 1.54) is 5.57 Å². The van der Waals surface area contributed by atoms with E-state index in [2.05, 4.69) is 32.9 Å². The monoisotopic (exact) mass is 266 g/mol. The van der Waals surface area contributed by atoms with E-state index >= 15 is 0 Å². The van der Waals surface area contributed by atoms with E-state index in [4.69, 9.17) is 0 Å². The number of hydrogen-bond donors (Lipinski definition) is 0. The summed E-state index contributed by atoms with van der Waals surface area (Å²) in [6.45, 7) is 6.61. The lowest BCUT2D eigenvalue weighted by Crippen LogP contribution is -2.10. The minimum Gasteiger partial charge on any atom is -0.211 e. The Balaban J connectivity index is 2.85. The molecule has 0 spiro atoms. The van der Waals surface area contributed by atoms with E-state index in [0.29, 0.717) is 6.42 Å². The second-order valence-corrected chi connectivity index (χ2v) is 5.76. The highest BCUT2D eigenvalue weighted by molar-refractivity contribution is 5.65. The maximum atomic E-state index is 12.3. The number of allylic oxidation sites excluding steroid dienone is 2. The second-order valence-electron chi connectivity index (χ2n) is 5.76. The molecule has 0 aliphatic carbocycles. The first-order valence-corrected chi connectivity index (χ1v) is 6.97. The zero-order valence-corrected chi connectivity index (χ0v) is 12.1. The first-order valence-electron chi connectivity index (χ1n) is 6.97. The molecule has 0 saturated heterocycles. The van der Waals surface area contributed by atoms with Crippen LogP contribution in [0.1, 0.15) is 52.0 Å². The first-order chi connectivity index (χ1) is 8.94. The number of halogens is 2. The van der Waals surface area contributed by atoms with Crippen LogP contribution in [0, 0.1) is 5.41 Å². The number of benzene rings is 1. The fourth-order valence-corrected chi connectivity index (χ4v) is 1.97. The SMILES string of the molecule is CCC(C)(C)C/C(=C\CCC(F)F)c1ccccc1. The van der Waals surface area contributed by atoms with Crippen molar-refractivity contribution in [2.24, 2.45) is 5.41 Å². The van der Waals surface area contributed by atoms with Crippen LogP contribution in [-0.4, -0.2) is 6.43 Å². The molecule has 2 heteroatoms. The summed E-state index contributed by atoms with van der Waals surface area (Å²) in [6, 6.07) is 10.1. The van der Waals surface area contributed by atoms with Crippen LogP contribution in [0.15, 0.2) is 36.4 Å². The standard InChI is InChI=1S/C17H24F2/c1-4-17(2,3)13-15(11-8-12-16(18)19)14-9-6-5-7-10-14/h5-7,9-11,16H,4,8,12-13H2,1-3H3/b15-11+. The Morgan fingerprint density at radius 3 is 2.37 bits per heavy atom. The summed E-state index contributed by atoms with van der Waals surface area (Å²) in [5.74, 6) is 0. The van der Waals surface area contributed by atoms with Crippen molar-refractivity contribution in [1.82, 2.24) is 0 Å². The van der Waals surface area contributed by atoms with Gasteiger partial charge in [0.1, 0.15) is 0 Å². The highest BCUT2D eigenvalue weighted by atomic mass is 19.3. The van der Waals surface area contributed by atoms with E-state index in [0.717, 1.165) is 18.4 Å². The highest BCUT2D eigenvalue weighted by Gasteiger charge is 2.18. The van der Waals surface area contributed by atoms with Crippen LogP contribution in [0.5, 0.6) is 0 Å². The Bertz CT molecular complexity index is 391. The number of hydrogen-bond acceptors (Lipinski definition) is 0. The lowest BCUT2D eigenvalue weighted by atomic mass is 9.81. The van der Waals surface area contributed by atoms with E-state index in [-0.39, 0.29) is 11.8 Å². The van der Waals surface area contributed by atoms with Crippen molar-refractivity contribution >= 4 is 5.57 Å². The average Bonchev–Trinajstić information content (AvgIpc) is 2.38. The molecule has 1 aromatic rings. The highest BCUT2D eigenvalue weighted by Crippen LogP contribution is 2.33. The molecule has 0 unspecified atom stereocenters. The summed E-state index contributed by atoms with van der Waals surface area (Å²) in [5.41, 5.74) is 2.54. The second kappa shape index (κ2) is 7.42. The molecule has 0 fully saturated rings. The zero-order valence-electron chi connectivity index (χ0n) is 12.1. The molecule has 0 aliphatic rings. The van der Waals surface area contributed by atoms with Crippen LogP contribution in [0.4, 0.5) is 8.78 Å². The van der Waals surface area contributed by atoms with Gasteiger partial charge in [0.15, 0.2) is 0 Å². The van der Waals surface area contributed by atoms with Crippen molar-refractivity contribution in [3.8, 4) is 0 Å². The Hall–Kier alpha value is -1.18. The summed E-state index contributed by atoms with van der Waals surface area (Å²) in [4.78, 5) is 0. The zero-order chi connectivity index (χ0) is 14.3. The smallest absolute Gasteiger partial charge is 0.211 e. The van der Waals surface area contributed by atoms with Gasteiger partial charge in [-0.3, -0.25) is 0 Å². The van der Waals surface area contributed by atoms with Crippen molar-refractivity contribution in [1.29, 1.82) is 0 Å². The Morgan fingerprint density at radius 1 is 1.21 bits per heavy atom. The molecule has 0 heterocycles. The molecule has 0 saturated carbocycles. The van der Waals surface area contributed by atoms with E-state index in [1.54, 1.807) is 0 Å². The molecule has 0 aromatic heterocycles. The summed E-state index contributed by atoms with van der Waals surface area (Å²) >= 11 is 0. The quantitative estimate of drug-likeness (QED) is 0.572. The lowest BCUT2D eigenvalue weighted by molar-refractivity contribution is 0.139. The molecular weight excluding hydrogens is 242 g/mol. The Morgan fingerprint density at radius 2 is 1.84 bits per heavy atom. The topological polar surface area (TPSA) is 0 Å². The Kier molecular flexibility index (Phi) is 6.20. The van der Waals surface area contributed by atoms with Crippen molar-refractivity contribution in [2.45, 2.75) is 52.9 Å². The summed E-state index contributed by atoms with van der Waals surface area (Å²) < 4.78 is 24.5. The van der Waals surface area contributed by atoms with Gasteiger partial charge in [-0.1, -0.05) is 63.6 Å². The molecule has 0 nitrogen and oxygen atoms in total. The average molecular weight is 266 g/mol. The largest absolute Gasteiger partial charge is 0.238 e. The van der Waals surface area contributed by atoms with Crippen molar-refractivity contribution < 1.29 is 8.78 Å². The summed E-state index contributed by atoms with van der Waals surface area (Å²) in [6.07, 6.45) is 2.17. The van der Waals surface area contributed by atoms with Crippen LogP contribution in [0.3, 0.4) is 0 Å². The van der Waals surface area contributed by atoms with Gasteiger partial charge in [0.25, 0.3) is 0 Å². The van der Waals surface area contributed by atoms with Gasteiger partial charge >= 0.3 is 0 Å². The predicted octanol–water partition coefficient (Wildman–Crippen LogP) is 5.94. The molecule has 106 valence electrons. The molecule has 1 aromatic carbocycles. The van der Waals surface area contributed by atoms with Crippen molar-refractivity contribution in [2.75, 3.05) is 0 Å². The van der Waals surface area contributed by atoms with Gasteiger partial charge in [-0.05, 0) is 29.4 Å². The van der Waals surface area contributed by atoms with Crippen molar-refractivity contribution in [3.63, 3.8) is 0 Å². The van der Waals surface area contributed by atoms with Gasteiger partial charge in [0.05, 0.1) is 0 Å². The minimum absolute atomic E-state index is 0.0527. The van der Waals surface area contributed by atoms with Crippen LogP contribution in [0.25, 0.3) is 5.57 Å². The molecule has 0 N–H and O–H groups in total. The van der Waals surface area contributed by atoms with Gasteiger partial charge in [-0.2, -0.15) is 0 Å². The molecule has 19 heavy (non-hydrogen) atoms. The Labute approximate surface area is 115 Å². The molecule has 1 rings (SSSR count). The lowest BCUT2D eigenvalue weighted by Gasteiger charge is -2.24. The van der Waals surface area contributed by atoms with Crippen LogP contribution >= 0.6 is 0 Å². The van der Waals surface area contributed by atoms with E-state index in [9.17, 15) is 8.78 Å². The van der Waals surface area contributed by atoms with Crippen molar-refractivity contribution in [3.05, 3.63) is 42.0 Å². The minimum atomic E-state index is -2.22. The molecule has 0 bridgehead atoms. The normalized spacial score (nSPS) is 13.1. The van der Waals surface area contributed by atoms with Gasteiger partial charge in [0, 0.05) is 6.42 Å². The number of alkyl halides is 2. The summed E-state index contributed by atoms with van der Waals surface area (Å²) in [7, 11) is 0. The third-order valence-corrected chi connectivity index (χ3v) is 3.55. The maximum Gasteiger partial charge on any atom is 0.238 e. The first kappa shape index (κ1) is 15.9. The van der Waals surface area contributed by atoms with Crippen LogP contribution in [-0.2, 0) is 0 Å². The third-order valence-electron chi connectivity index (χ3n) is 3.55. The van der Waals surface area contributed by atoms with Gasteiger partial charge in [-0.25, -0.2) is 8.78 Å². The molecular formula is C17H24F2. The van der Waals surface area contributed by atoms with E-state index < -0.39 is 6.43 Å². The fourth-order valence-electron chi connectivity index (χ4n) is 1.97. The van der Waals surface area contributed by atoms with Gasteiger partial charge in [0.2, 0.25) is 6.43 Å². The maximum absolute atomic E-state index is 12.3. The van der Waals surface area contributed by atoms with E-state index in [1.807, 2.05) is 24.3 Å². The molecule has 0 radical (unpaired) electrons. The van der Waals surface area contributed by atoms with Crippen LogP contribution < -0.4 is 0 Å².